The molecule has 10 heavy (non-hydrogen) atoms. The fourth-order valence-corrected chi connectivity index (χ4v) is 1.80. The van der Waals surface area contributed by atoms with Gasteiger partial charge >= 0.3 is 0 Å². The fraction of sp³-hybridized carbons (Fsp3) is 1.00. The van der Waals surface area contributed by atoms with Gasteiger partial charge in [0.05, 0.1) is 6.67 Å². The Morgan fingerprint density at radius 1 is 1.20 bits per heavy atom. The van der Waals surface area contributed by atoms with Crippen molar-refractivity contribution in [2.75, 3.05) is 33.9 Å². The zero-order valence-electron chi connectivity index (χ0n) is 7.09. The van der Waals surface area contributed by atoms with Crippen LogP contribution in [-0.2, 0) is 0 Å². The molecule has 3 nitrogen and oxygen atoms in total. The summed E-state index contributed by atoms with van der Waals surface area (Å²) < 4.78 is 0. The molecule has 0 aromatic heterocycles. The zero-order valence-corrected chi connectivity index (χ0v) is 7.09. The van der Waals surface area contributed by atoms with Crippen LogP contribution in [0.5, 0.6) is 0 Å². The molecule has 0 unspecified atom stereocenters. The number of nitrogens with zero attached hydrogens (tertiary/aromatic N) is 2. The van der Waals surface area contributed by atoms with Gasteiger partial charge in [0.15, 0.2) is 0 Å². The lowest BCUT2D eigenvalue weighted by Gasteiger charge is -2.41. The van der Waals surface area contributed by atoms with Crippen molar-refractivity contribution in [3.63, 3.8) is 0 Å². The Labute approximate surface area is 62.8 Å². The predicted octanol–water partition coefficient (Wildman–Crippen LogP) is -0.461. The van der Waals surface area contributed by atoms with Crippen molar-refractivity contribution in [1.82, 2.24) is 9.80 Å². The molecule has 1 fully saturated rings. The van der Waals surface area contributed by atoms with Crippen molar-refractivity contribution in [3.05, 3.63) is 0 Å². The SMILES string of the molecule is CN1CN(C)CC(C)(N)C1. The van der Waals surface area contributed by atoms with Crippen LogP contribution in [0.15, 0.2) is 0 Å². The van der Waals surface area contributed by atoms with E-state index < -0.39 is 0 Å². The maximum absolute atomic E-state index is 5.98. The standard InChI is InChI=1S/C7H17N3/c1-7(8)4-9(2)6-10(3)5-7/h4-6,8H2,1-3H3. The largest absolute Gasteiger partial charge is 0.323 e. The second-order valence-electron chi connectivity index (χ2n) is 3.82. The molecule has 2 N–H and O–H groups in total. The van der Waals surface area contributed by atoms with Crippen LogP contribution in [0.1, 0.15) is 6.92 Å². The molecule has 1 aliphatic heterocycles. The molecule has 0 bridgehead atoms. The van der Waals surface area contributed by atoms with Gasteiger partial charge < -0.3 is 5.73 Å². The molecule has 1 aliphatic rings. The molecule has 0 aromatic rings. The monoisotopic (exact) mass is 143 g/mol. The Hall–Kier alpha value is -0.120. The average Bonchev–Trinajstić information content (AvgIpc) is 1.54. The lowest BCUT2D eigenvalue weighted by Crippen LogP contribution is -2.60. The quantitative estimate of drug-likeness (QED) is 0.498. The predicted molar refractivity (Wildman–Crippen MR) is 42.7 cm³/mol. The van der Waals surface area contributed by atoms with Crippen LogP contribution >= 0.6 is 0 Å². The third-order valence-electron chi connectivity index (χ3n) is 1.75. The van der Waals surface area contributed by atoms with Gasteiger partial charge in [-0.15, -0.1) is 0 Å². The molecule has 3 heteroatoms. The van der Waals surface area contributed by atoms with E-state index >= 15 is 0 Å². The topological polar surface area (TPSA) is 32.5 Å². The number of rotatable bonds is 0. The minimum Gasteiger partial charge on any atom is -0.323 e. The Bertz CT molecular complexity index is 110. The van der Waals surface area contributed by atoms with E-state index in [1.807, 2.05) is 0 Å². The molecule has 1 heterocycles. The minimum absolute atomic E-state index is 0.0260. The molecular weight excluding hydrogens is 126 g/mol. The summed E-state index contributed by atoms with van der Waals surface area (Å²) in [7, 11) is 4.20. The van der Waals surface area contributed by atoms with Gasteiger partial charge in [-0.25, -0.2) is 0 Å². The maximum atomic E-state index is 5.98. The number of nitrogens with two attached hydrogens (primary N) is 1. The molecule has 0 atom stereocenters. The lowest BCUT2D eigenvalue weighted by atomic mass is 10.0. The van der Waals surface area contributed by atoms with E-state index in [4.69, 9.17) is 5.73 Å². The smallest absolute Gasteiger partial charge is 0.0502 e. The van der Waals surface area contributed by atoms with Crippen LogP contribution in [0.2, 0.25) is 0 Å². The molecule has 0 aliphatic carbocycles. The molecule has 0 amide bonds. The van der Waals surface area contributed by atoms with Crippen LogP contribution < -0.4 is 5.73 Å². The van der Waals surface area contributed by atoms with Gasteiger partial charge in [-0.05, 0) is 21.0 Å². The Balaban J connectivity index is 2.51. The summed E-state index contributed by atoms with van der Waals surface area (Å²) in [6.45, 7) is 5.13. The first-order valence-electron chi connectivity index (χ1n) is 3.66. The second-order valence-corrected chi connectivity index (χ2v) is 3.82. The first-order valence-corrected chi connectivity index (χ1v) is 3.66. The number of hydrogen-bond acceptors (Lipinski definition) is 3. The average molecular weight is 143 g/mol. The van der Waals surface area contributed by atoms with E-state index in [1.54, 1.807) is 0 Å². The molecule has 1 rings (SSSR count). The van der Waals surface area contributed by atoms with Gasteiger partial charge in [-0.3, -0.25) is 9.80 Å². The van der Waals surface area contributed by atoms with Crippen molar-refractivity contribution in [2.45, 2.75) is 12.5 Å². The van der Waals surface area contributed by atoms with Crippen molar-refractivity contribution < 1.29 is 0 Å². The van der Waals surface area contributed by atoms with E-state index in [1.165, 1.54) is 0 Å². The third-order valence-corrected chi connectivity index (χ3v) is 1.75. The highest BCUT2D eigenvalue weighted by Gasteiger charge is 2.27. The third kappa shape index (κ3) is 1.94. The number of hydrogen-bond donors (Lipinski definition) is 1. The summed E-state index contributed by atoms with van der Waals surface area (Å²) in [5.74, 6) is 0. The summed E-state index contributed by atoms with van der Waals surface area (Å²) in [6.07, 6.45) is 0. The molecule has 0 aromatic carbocycles. The van der Waals surface area contributed by atoms with E-state index in [-0.39, 0.29) is 5.54 Å². The van der Waals surface area contributed by atoms with Crippen molar-refractivity contribution in [3.8, 4) is 0 Å². The van der Waals surface area contributed by atoms with Gasteiger partial charge in [0.2, 0.25) is 0 Å². The van der Waals surface area contributed by atoms with Crippen molar-refractivity contribution in [1.29, 1.82) is 0 Å². The van der Waals surface area contributed by atoms with E-state index in [0.717, 1.165) is 19.8 Å². The van der Waals surface area contributed by atoms with Gasteiger partial charge in [-0.2, -0.15) is 0 Å². The number of likely N-dealkylation sites (N-methyl/N-ethyl adjacent to an activating group) is 2. The second kappa shape index (κ2) is 2.49. The molecule has 60 valence electrons. The molecule has 0 saturated carbocycles. The summed E-state index contributed by atoms with van der Waals surface area (Å²) >= 11 is 0. The van der Waals surface area contributed by atoms with Crippen molar-refractivity contribution >= 4 is 0 Å². The van der Waals surface area contributed by atoms with Crippen LogP contribution in [-0.4, -0.2) is 49.2 Å². The minimum atomic E-state index is -0.0260. The van der Waals surface area contributed by atoms with Gasteiger partial charge in [0.1, 0.15) is 0 Å². The summed E-state index contributed by atoms with van der Waals surface area (Å²) in [6, 6.07) is 0. The highest BCUT2D eigenvalue weighted by atomic mass is 15.3. The van der Waals surface area contributed by atoms with Crippen molar-refractivity contribution in [2.24, 2.45) is 5.73 Å². The highest BCUT2D eigenvalue weighted by Crippen LogP contribution is 2.09. The first kappa shape index (κ1) is 7.98. The van der Waals surface area contributed by atoms with Crippen LogP contribution in [0, 0.1) is 0 Å². The summed E-state index contributed by atoms with van der Waals surface area (Å²) in [5.41, 5.74) is 5.95. The van der Waals surface area contributed by atoms with Crippen LogP contribution in [0.4, 0.5) is 0 Å². The first-order chi connectivity index (χ1) is 4.49. The molecule has 0 spiro atoms. The molecule has 0 radical (unpaired) electrons. The molecular formula is C7H17N3. The lowest BCUT2D eigenvalue weighted by molar-refractivity contribution is 0.0774. The van der Waals surface area contributed by atoms with Gasteiger partial charge in [-0.1, -0.05) is 0 Å². The van der Waals surface area contributed by atoms with E-state index in [2.05, 4.69) is 30.8 Å². The van der Waals surface area contributed by atoms with Gasteiger partial charge in [0, 0.05) is 18.6 Å². The van der Waals surface area contributed by atoms with E-state index in [9.17, 15) is 0 Å². The Morgan fingerprint density at radius 3 is 1.90 bits per heavy atom. The van der Waals surface area contributed by atoms with E-state index in [0.29, 0.717) is 0 Å². The summed E-state index contributed by atoms with van der Waals surface area (Å²) in [5, 5.41) is 0. The Kier molecular flexibility index (Phi) is 1.99. The zero-order chi connectivity index (χ0) is 7.78. The molecule has 1 saturated heterocycles. The maximum Gasteiger partial charge on any atom is 0.0502 e. The van der Waals surface area contributed by atoms with Crippen LogP contribution in [0.25, 0.3) is 0 Å². The van der Waals surface area contributed by atoms with Crippen LogP contribution in [0.3, 0.4) is 0 Å². The summed E-state index contributed by atoms with van der Waals surface area (Å²) in [4.78, 5) is 4.48. The highest BCUT2D eigenvalue weighted by molar-refractivity contribution is 4.88. The normalized spacial score (nSPS) is 28.8. The fourth-order valence-electron chi connectivity index (χ4n) is 1.80. The Morgan fingerprint density at radius 2 is 1.60 bits per heavy atom. The van der Waals surface area contributed by atoms with Gasteiger partial charge in [0.25, 0.3) is 0 Å².